The average molecular weight is 356 g/mol. The van der Waals surface area contributed by atoms with Gasteiger partial charge in [-0.1, -0.05) is 24.3 Å². The minimum Gasteiger partial charge on any atom is -0.456 e. The zero-order valence-corrected chi connectivity index (χ0v) is 14.7. The second-order valence-corrected chi connectivity index (χ2v) is 6.36. The average Bonchev–Trinajstić information content (AvgIpc) is 2.59. The molecular weight excluding hydrogens is 336 g/mol. The van der Waals surface area contributed by atoms with Crippen LogP contribution in [0, 0.1) is 0 Å². The molecule has 7 heteroatoms. The Labute approximate surface area is 151 Å². The second kappa shape index (κ2) is 8.15. The zero-order valence-electron chi connectivity index (χ0n) is 14.7. The molecule has 0 heterocycles. The largest absolute Gasteiger partial charge is 0.456 e. The molecule has 2 aromatic rings. The first-order valence-corrected chi connectivity index (χ1v) is 7.91. The first-order valence-electron chi connectivity index (χ1n) is 7.91. The first-order chi connectivity index (χ1) is 12.2. The molecule has 0 aromatic heterocycles. The SMILES string of the molecule is CC(C)(C)OC(=O)c1cccc(OC(=O)NNC(=O)c2ccccc2)c1. The lowest BCUT2D eigenvalue weighted by atomic mass is 10.1. The van der Waals surface area contributed by atoms with Gasteiger partial charge in [0.1, 0.15) is 11.4 Å². The smallest absolute Gasteiger partial charge is 0.431 e. The molecule has 26 heavy (non-hydrogen) atoms. The number of amides is 2. The van der Waals surface area contributed by atoms with Gasteiger partial charge in [0.2, 0.25) is 0 Å². The fourth-order valence-electron chi connectivity index (χ4n) is 1.93. The molecule has 0 fully saturated rings. The van der Waals surface area contributed by atoms with Crippen LogP contribution in [-0.2, 0) is 4.74 Å². The molecule has 2 aromatic carbocycles. The van der Waals surface area contributed by atoms with Gasteiger partial charge in [0.05, 0.1) is 5.56 Å². The molecule has 0 unspecified atom stereocenters. The van der Waals surface area contributed by atoms with Crippen molar-refractivity contribution in [2.75, 3.05) is 0 Å². The highest BCUT2D eigenvalue weighted by atomic mass is 16.6. The van der Waals surface area contributed by atoms with Crippen LogP contribution in [0.1, 0.15) is 41.5 Å². The van der Waals surface area contributed by atoms with E-state index < -0.39 is 23.6 Å². The molecule has 7 nitrogen and oxygen atoms in total. The monoisotopic (exact) mass is 356 g/mol. The Morgan fingerprint density at radius 1 is 0.846 bits per heavy atom. The molecule has 0 aliphatic carbocycles. The highest BCUT2D eigenvalue weighted by Crippen LogP contribution is 2.17. The Bertz CT molecular complexity index is 797. The van der Waals surface area contributed by atoms with Crippen LogP contribution in [0.3, 0.4) is 0 Å². The molecule has 0 aliphatic rings. The maximum atomic E-state index is 12.0. The van der Waals surface area contributed by atoms with Crippen LogP contribution in [0.4, 0.5) is 4.79 Å². The Balaban J connectivity index is 1.92. The summed E-state index contributed by atoms with van der Waals surface area (Å²) in [7, 11) is 0. The number of rotatable bonds is 3. The van der Waals surface area contributed by atoms with Crippen LogP contribution in [-0.4, -0.2) is 23.6 Å². The van der Waals surface area contributed by atoms with E-state index in [1.165, 1.54) is 12.1 Å². The quantitative estimate of drug-likeness (QED) is 0.651. The summed E-state index contributed by atoms with van der Waals surface area (Å²) >= 11 is 0. The molecule has 0 spiro atoms. The highest BCUT2D eigenvalue weighted by Gasteiger charge is 2.18. The third-order valence-electron chi connectivity index (χ3n) is 2.99. The van der Waals surface area contributed by atoms with Gasteiger partial charge >= 0.3 is 12.1 Å². The van der Waals surface area contributed by atoms with Crippen molar-refractivity contribution in [3.63, 3.8) is 0 Å². The van der Waals surface area contributed by atoms with E-state index >= 15 is 0 Å². The lowest BCUT2D eigenvalue weighted by Gasteiger charge is -2.19. The third kappa shape index (κ3) is 5.94. The Morgan fingerprint density at radius 2 is 1.50 bits per heavy atom. The van der Waals surface area contributed by atoms with Gasteiger partial charge in [0.15, 0.2) is 0 Å². The number of esters is 1. The van der Waals surface area contributed by atoms with Crippen LogP contribution < -0.4 is 15.6 Å². The van der Waals surface area contributed by atoms with Crippen molar-refractivity contribution < 1.29 is 23.9 Å². The van der Waals surface area contributed by atoms with E-state index in [0.29, 0.717) is 5.56 Å². The molecular formula is C19H20N2O5. The van der Waals surface area contributed by atoms with Gasteiger partial charge in [-0.25, -0.2) is 15.0 Å². The summed E-state index contributed by atoms with van der Waals surface area (Å²) in [5.41, 5.74) is 4.38. The summed E-state index contributed by atoms with van der Waals surface area (Å²) in [5, 5.41) is 0. The van der Waals surface area contributed by atoms with Gasteiger partial charge in [-0.05, 0) is 51.1 Å². The lowest BCUT2D eigenvalue weighted by molar-refractivity contribution is 0.00689. The number of hydrogen-bond donors (Lipinski definition) is 2. The van der Waals surface area contributed by atoms with Gasteiger partial charge in [0, 0.05) is 5.56 Å². The van der Waals surface area contributed by atoms with Crippen molar-refractivity contribution in [2.24, 2.45) is 0 Å². The summed E-state index contributed by atoms with van der Waals surface area (Å²) in [5.74, 6) is -0.870. The van der Waals surface area contributed by atoms with Gasteiger partial charge in [-0.15, -0.1) is 0 Å². The minimum atomic E-state index is -0.893. The number of carbonyl (C=O) groups excluding carboxylic acids is 3. The molecule has 0 aliphatic heterocycles. The predicted molar refractivity (Wildman–Crippen MR) is 94.7 cm³/mol. The molecule has 2 rings (SSSR count). The summed E-state index contributed by atoms with van der Waals surface area (Å²) in [4.78, 5) is 35.7. The maximum Gasteiger partial charge on any atom is 0.431 e. The number of hydrogen-bond acceptors (Lipinski definition) is 5. The molecule has 0 saturated heterocycles. The molecule has 0 atom stereocenters. The molecule has 0 saturated carbocycles. The first kappa shape index (κ1) is 19.0. The fourth-order valence-corrected chi connectivity index (χ4v) is 1.93. The summed E-state index contributed by atoms with van der Waals surface area (Å²) in [6.45, 7) is 5.27. The standard InChI is InChI=1S/C19H20N2O5/c1-19(2,3)26-17(23)14-10-7-11-15(12-14)25-18(24)21-20-16(22)13-8-5-4-6-9-13/h4-12H,1-3H3,(H,20,22)(H,21,24). The second-order valence-electron chi connectivity index (χ2n) is 6.36. The van der Waals surface area contributed by atoms with E-state index in [9.17, 15) is 14.4 Å². The van der Waals surface area contributed by atoms with E-state index in [1.807, 2.05) is 0 Å². The summed E-state index contributed by atoms with van der Waals surface area (Å²) in [6.07, 6.45) is -0.893. The lowest BCUT2D eigenvalue weighted by Crippen LogP contribution is -2.43. The van der Waals surface area contributed by atoms with E-state index in [4.69, 9.17) is 9.47 Å². The Kier molecular flexibility index (Phi) is 5.95. The van der Waals surface area contributed by atoms with Gasteiger partial charge in [-0.3, -0.25) is 10.2 Å². The molecule has 2 amide bonds. The normalized spacial score (nSPS) is 10.6. The summed E-state index contributed by atoms with van der Waals surface area (Å²) in [6, 6.07) is 14.4. The topological polar surface area (TPSA) is 93.7 Å². The minimum absolute atomic E-state index is 0.139. The van der Waals surface area contributed by atoms with Crippen molar-refractivity contribution in [3.05, 3.63) is 65.7 Å². The van der Waals surface area contributed by atoms with Gasteiger partial charge in [0.25, 0.3) is 5.91 Å². The van der Waals surface area contributed by atoms with Crippen LogP contribution in [0.5, 0.6) is 5.75 Å². The zero-order chi connectivity index (χ0) is 19.2. The van der Waals surface area contributed by atoms with Crippen LogP contribution in [0.25, 0.3) is 0 Å². The number of nitrogens with one attached hydrogen (secondary N) is 2. The number of hydrazine groups is 1. The van der Waals surface area contributed by atoms with E-state index in [-0.39, 0.29) is 11.3 Å². The van der Waals surface area contributed by atoms with E-state index in [2.05, 4.69) is 10.9 Å². The highest BCUT2D eigenvalue weighted by molar-refractivity contribution is 5.95. The van der Waals surface area contributed by atoms with Crippen molar-refractivity contribution in [2.45, 2.75) is 26.4 Å². The molecule has 0 radical (unpaired) electrons. The number of carbonyl (C=O) groups is 3. The Hall–Kier alpha value is -3.35. The van der Waals surface area contributed by atoms with Gasteiger partial charge < -0.3 is 9.47 Å². The Morgan fingerprint density at radius 3 is 2.15 bits per heavy atom. The number of benzene rings is 2. The van der Waals surface area contributed by atoms with E-state index in [1.54, 1.807) is 63.2 Å². The van der Waals surface area contributed by atoms with Crippen LogP contribution in [0.15, 0.2) is 54.6 Å². The van der Waals surface area contributed by atoms with Crippen molar-refractivity contribution in [3.8, 4) is 5.75 Å². The van der Waals surface area contributed by atoms with Crippen molar-refractivity contribution >= 4 is 18.0 Å². The van der Waals surface area contributed by atoms with Crippen molar-refractivity contribution in [1.82, 2.24) is 10.9 Å². The molecule has 0 bridgehead atoms. The summed E-state index contributed by atoms with van der Waals surface area (Å²) < 4.78 is 10.3. The maximum absolute atomic E-state index is 12.0. The predicted octanol–water partition coefficient (Wildman–Crippen LogP) is 3.08. The fraction of sp³-hybridized carbons (Fsp3) is 0.211. The van der Waals surface area contributed by atoms with E-state index in [0.717, 1.165) is 0 Å². The van der Waals surface area contributed by atoms with Gasteiger partial charge in [-0.2, -0.15) is 0 Å². The van der Waals surface area contributed by atoms with Crippen molar-refractivity contribution in [1.29, 1.82) is 0 Å². The van der Waals surface area contributed by atoms with Crippen LogP contribution in [0.2, 0.25) is 0 Å². The number of ether oxygens (including phenoxy) is 2. The third-order valence-corrected chi connectivity index (χ3v) is 2.99. The molecule has 136 valence electrons. The molecule has 2 N–H and O–H groups in total. The van der Waals surface area contributed by atoms with Crippen LogP contribution >= 0.6 is 0 Å².